The average molecular weight is 73.1 g/mol. The molecule has 0 rings (SSSR count). The summed E-state index contributed by atoms with van der Waals surface area (Å²) in [6.45, 7) is 5.25. The lowest BCUT2D eigenvalue weighted by atomic mass is 10.8. The third-order valence-electron chi connectivity index (χ3n) is 0. The molecular weight excluding hydrogens is 62.1 g/mol. The highest BCUT2D eigenvalue weighted by Crippen LogP contribution is 1.38. The molecule has 0 aromatic rings. The van der Waals surface area contributed by atoms with E-state index in [4.69, 9.17) is 0 Å². The summed E-state index contributed by atoms with van der Waals surface area (Å²) < 4.78 is 0. The molecule has 0 bridgehead atoms. The molecule has 5 heavy (non-hydrogen) atoms. The van der Waals surface area contributed by atoms with Gasteiger partial charge in [-0.3, -0.25) is 0 Å². The molecule has 0 aromatic heterocycles. The van der Waals surface area contributed by atoms with Gasteiger partial charge in [-0.2, -0.15) is 0 Å². The lowest BCUT2D eigenvalue weighted by molar-refractivity contribution is 1.48. The molecule has 0 saturated carbocycles. The molecular formula is C4H11N. The van der Waals surface area contributed by atoms with Gasteiger partial charge in [0.25, 0.3) is 0 Å². The topological polar surface area (TPSA) is 26.0 Å². The van der Waals surface area contributed by atoms with Gasteiger partial charge >= 0.3 is 0 Å². The zero-order valence-electron chi connectivity index (χ0n) is 3.86. The number of hydrogen-bond donors (Lipinski definition) is 1. The Morgan fingerprint density at radius 3 is 1.60 bits per heavy atom. The van der Waals surface area contributed by atoms with Gasteiger partial charge in [0.05, 0.1) is 0 Å². The summed E-state index contributed by atoms with van der Waals surface area (Å²) in [7, 11) is 1.50. The van der Waals surface area contributed by atoms with Crippen molar-refractivity contribution in [3.8, 4) is 0 Å². The molecule has 0 aromatic carbocycles. The van der Waals surface area contributed by atoms with E-state index in [0.717, 1.165) is 0 Å². The predicted molar refractivity (Wildman–Crippen MR) is 26.0 cm³/mol. The highest BCUT2D eigenvalue weighted by atomic mass is 14.4. The SMILES string of the molecule is C=CC.CN. The van der Waals surface area contributed by atoms with Crippen molar-refractivity contribution in [2.75, 3.05) is 7.05 Å². The van der Waals surface area contributed by atoms with E-state index >= 15 is 0 Å². The van der Waals surface area contributed by atoms with Crippen LogP contribution in [0.15, 0.2) is 12.7 Å². The van der Waals surface area contributed by atoms with Crippen LogP contribution in [0.1, 0.15) is 6.92 Å². The van der Waals surface area contributed by atoms with Crippen molar-refractivity contribution in [1.29, 1.82) is 0 Å². The van der Waals surface area contributed by atoms with Gasteiger partial charge in [0, 0.05) is 0 Å². The van der Waals surface area contributed by atoms with Crippen LogP contribution in [0.4, 0.5) is 0 Å². The lowest BCUT2D eigenvalue weighted by Crippen LogP contribution is -1.69. The maximum absolute atomic E-state index is 4.50. The smallest absolute Gasteiger partial charge is 0.0195 e. The van der Waals surface area contributed by atoms with Crippen LogP contribution in [0, 0.1) is 0 Å². The first-order valence-corrected chi connectivity index (χ1v) is 1.56. The van der Waals surface area contributed by atoms with Crippen LogP contribution in [0.25, 0.3) is 0 Å². The summed E-state index contributed by atoms with van der Waals surface area (Å²) in [6.07, 6.45) is 1.75. The zero-order chi connectivity index (χ0) is 4.71. The van der Waals surface area contributed by atoms with E-state index in [1.807, 2.05) is 6.92 Å². The van der Waals surface area contributed by atoms with Gasteiger partial charge in [0.15, 0.2) is 0 Å². The molecule has 1 nitrogen and oxygen atoms in total. The average Bonchev–Trinajstić information content (AvgIpc) is 1.46. The number of hydrogen-bond acceptors (Lipinski definition) is 1. The van der Waals surface area contributed by atoms with Crippen LogP contribution in [0.5, 0.6) is 0 Å². The highest BCUT2D eigenvalue weighted by molar-refractivity contribution is 4.51. The Morgan fingerprint density at radius 2 is 1.60 bits per heavy atom. The molecule has 0 atom stereocenters. The quantitative estimate of drug-likeness (QED) is 0.421. The summed E-state index contributed by atoms with van der Waals surface area (Å²) in [5, 5.41) is 0. The molecule has 32 valence electrons. The minimum atomic E-state index is 1.50. The normalized spacial score (nSPS) is 3.80. The summed E-state index contributed by atoms with van der Waals surface area (Å²) >= 11 is 0. The monoisotopic (exact) mass is 73.1 g/mol. The molecule has 0 saturated heterocycles. The van der Waals surface area contributed by atoms with Crippen LogP contribution in [0.2, 0.25) is 0 Å². The summed E-state index contributed by atoms with van der Waals surface area (Å²) in [6, 6.07) is 0. The zero-order valence-corrected chi connectivity index (χ0v) is 3.86. The molecule has 0 spiro atoms. The fourth-order valence-electron chi connectivity index (χ4n) is 0. The summed E-state index contributed by atoms with van der Waals surface area (Å²) in [4.78, 5) is 0. The van der Waals surface area contributed by atoms with Crippen LogP contribution >= 0.6 is 0 Å². The number of rotatable bonds is 0. The van der Waals surface area contributed by atoms with Crippen LogP contribution in [-0.2, 0) is 0 Å². The first kappa shape index (κ1) is 8.83. The van der Waals surface area contributed by atoms with E-state index in [2.05, 4.69) is 12.3 Å². The first-order valence-electron chi connectivity index (χ1n) is 1.56. The molecule has 0 aliphatic carbocycles. The van der Waals surface area contributed by atoms with Gasteiger partial charge in [-0.15, -0.1) is 6.58 Å². The minimum Gasteiger partial charge on any atom is -0.333 e. The van der Waals surface area contributed by atoms with E-state index in [1.165, 1.54) is 7.05 Å². The third-order valence-corrected chi connectivity index (χ3v) is 0. The maximum atomic E-state index is 4.50. The second-order valence-corrected chi connectivity index (χ2v) is 0.408. The molecule has 0 radical (unpaired) electrons. The van der Waals surface area contributed by atoms with E-state index in [0.29, 0.717) is 0 Å². The van der Waals surface area contributed by atoms with Crippen molar-refractivity contribution in [3.05, 3.63) is 12.7 Å². The highest BCUT2D eigenvalue weighted by Gasteiger charge is 1.15. The molecule has 0 aliphatic rings. The Kier molecular flexibility index (Phi) is 97.2. The largest absolute Gasteiger partial charge is 0.333 e. The summed E-state index contributed by atoms with van der Waals surface area (Å²) in [5.74, 6) is 0. The van der Waals surface area contributed by atoms with Crippen molar-refractivity contribution in [2.24, 2.45) is 5.73 Å². The van der Waals surface area contributed by atoms with E-state index in [1.54, 1.807) is 6.08 Å². The van der Waals surface area contributed by atoms with Crippen LogP contribution in [-0.4, -0.2) is 7.05 Å². The van der Waals surface area contributed by atoms with Crippen molar-refractivity contribution in [3.63, 3.8) is 0 Å². The molecule has 2 N–H and O–H groups in total. The second kappa shape index (κ2) is 55.0. The van der Waals surface area contributed by atoms with Gasteiger partial charge in [-0.05, 0) is 14.0 Å². The van der Waals surface area contributed by atoms with E-state index in [9.17, 15) is 0 Å². The van der Waals surface area contributed by atoms with Gasteiger partial charge in [-0.25, -0.2) is 0 Å². The van der Waals surface area contributed by atoms with E-state index < -0.39 is 0 Å². The molecule has 0 aliphatic heterocycles. The maximum Gasteiger partial charge on any atom is -0.0195 e. The van der Waals surface area contributed by atoms with Crippen LogP contribution in [0.3, 0.4) is 0 Å². The molecule has 1 heteroatoms. The fourth-order valence-corrected chi connectivity index (χ4v) is 0. The Hall–Kier alpha value is -0.300. The molecule has 0 heterocycles. The van der Waals surface area contributed by atoms with Crippen molar-refractivity contribution >= 4 is 0 Å². The van der Waals surface area contributed by atoms with Gasteiger partial charge < -0.3 is 5.73 Å². The molecule has 0 amide bonds. The Labute approximate surface area is 33.5 Å². The lowest BCUT2D eigenvalue weighted by Gasteiger charge is -1.31. The third kappa shape index (κ3) is 119. The standard InChI is InChI=1S/C3H6.CH5N/c1-3-2;1-2/h3H,1H2,2H3;2H2,1H3. The summed E-state index contributed by atoms with van der Waals surface area (Å²) in [5.41, 5.74) is 4.50. The first-order chi connectivity index (χ1) is 2.41. The molecule has 0 fully saturated rings. The number of nitrogens with two attached hydrogens (primary N) is 1. The number of allylic oxidation sites excluding steroid dienone is 1. The fraction of sp³-hybridized carbons (Fsp3) is 0.500. The molecule has 0 unspecified atom stereocenters. The van der Waals surface area contributed by atoms with Crippen molar-refractivity contribution < 1.29 is 0 Å². The van der Waals surface area contributed by atoms with Crippen molar-refractivity contribution in [1.82, 2.24) is 0 Å². The Balaban J connectivity index is 0. The van der Waals surface area contributed by atoms with Gasteiger partial charge in [-0.1, -0.05) is 6.08 Å². The van der Waals surface area contributed by atoms with E-state index in [-0.39, 0.29) is 0 Å². The van der Waals surface area contributed by atoms with Crippen LogP contribution < -0.4 is 5.73 Å². The van der Waals surface area contributed by atoms with Gasteiger partial charge in [0.2, 0.25) is 0 Å². The van der Waals surface area contributed by atoms with Crippen molar-refractivity contribution in [2.45, 2.75) is 6.92 Å². The Bertz CT molecular complexity index is 11.1. The second-order valence-electron chi connectivity index (χ2n) is 0.408. The predicted octanol–water partition coefficient (Wildman–Crippen LogP) is 0.767. The van der Waals surface area contributed by atoms with Gasteiger partial charge in [0.1, 0.15) is 0 Å². The minimum absolute atomic E-state index is 1.50. The Morgan fingerprint density at radius 1 is 1.60 bits per heavy atom.